The average Bonchev–Trinajstić information content (AvgIpc) is 2.90. The van der Waals surface area contributed by atoms with Crippen LogP contribution >= 0.6 is 0 Å². The van der Waals surface area contributed by atoms with Gasteiger partial charge in [-0.2, -0.15) is 0 Å². The van der Waals surface area contributed by atoms with Crippen LogP contribution in [0.15, 0.2) is 78.9 Å². The smallest absolute Gasteiger partial charge is 0.134 e. The standard InChI is InChI=1S/C34H35F/c1-3-5-7-26-9-13-28(14-10-26)17-18-30-20-24-33-32(25-30)23-22-31(34(33)35)21-19-29-15-11-27(12-16-29)8-6-4-2/h9-16,20,22-25H,3-8,19,21H2,1-2H3. The van der Waals surface area contributed by atoms with E-state index in [0.29, 0.717) is 11.8 Å². The number of aryl methyl sites for hydroxylation is 4. The summed E-state index contributed by atoms with van der Waals surface area (Å²) in [5, 5.41) is 1.57. The van der Waals surface area contributed by atoms with Crippen molar-refractivity contribution in [2.45, 2.75) is 65.2 Å². The van der Waals surface area contributed by atoms with Gasteiger partial charge in [0.15, 0.2) is 0 Å². The van der Waals surface area contributed by atoms with E-state index in [2.05, 4.69) is 74.2 Å². The summed E-state index contributed by atoms with van der Waals surface area (Å²) >= 11 is 0. The Bertz CT molecular complexity index is 1300. The normalized spacial score (nSPS) is 10.8. The van der Waals surface area contributed by atoms with Crippen molar-refractivity contribution < 1.29 is 4.39 Å². The predicted octanol–water partition coefficient (Wildman–Crippen LogP) is 8.85. The van der Waals surface area contributed by atoms with Gasteiger partial charge in [0, 0.05) is 16.5 Å². The molecule has 1 heteroatoms. The Morgan fingerprint density at radius 2 is 1.11 bits per heavy atom. The topological polar surface area (TPSA) is 0 Å². The molecule has 178 valence electrons. The molecule has 0 nitrogen and oxygen atoms in total. The van der Waals surface area contributed by atoms with E-state index in [0.717, 1.165) is 41.3 Å². The molecule has 0 aromatic heterocycles. The molecule has 0 fully saturated rings. The molecule has 0 amide bonds. The Kier molecular flexibility index (Phi) is 8.74. The lowest BCUT2D eigenvalue weighted by Gasteiger charge is -2.08. The third-order valence-corrected chi connectivity index (χ3v) is 6.68. The second-order valence-corrected chi connectivity index (χ2v) is 9.45. The van der Waals surface area contributed by atoms with Gasteiger partial charge in [-0.15, -0.1) is 0 Å². The number of fused-ring (bicyclic) bond motifs is 1. The second-order valence-electron chi connectivity index (χ2n) is 9.45. The molecule has 0 aliphatic rings. The zero-order valence-electron chi connectivity index (χ0n) is 21.0. The molecule has 0 bridgehead atoms. The Hall–Kier alpha value is -3.37. The van der Waals surface area contributed by atoms with Gasteiger partial charge < -0.3 is 0 Å². The third kappa shape index (κ3) is 6.83. The number of benzene rings is 4. The van der Waals surface area contributed by atoms with Crippen molar-refractivity contribution in [2.24, 2.45) is 0 Å². The van der Waals surface area contributed by atoms with Crippen molar-refractivity contribution >= 4 is 10.8 Å². The van der Waals surface area contributed by atoms with Crippen LogP contribution in [-0.2, 0) is 25.7 Å². The van der Waals surface area contributed by atoms with Crippen LogP contribution in [0.4, 0.5) is 4.39 Å². The highest BCUT2D eigenvalue weighted by atomic mass is 19.1. The summed E-state index contributed by atoms with van der Waals surface area (Å²) in [5.74, 6) is 6.38. The maximum Gasteiger partial charge on any atom is 0.134 e. The van der Waals surface area contributed by atoms with Crippen molar-refractivity contribution in [3.8, 4) is 11.8 Å². The fraction of sp³-hybridized carbons (Fsp3) is 0.294. The Balaban J connectivity index is 1.42. The molecule has 0 N–H and O–H groups in total. The first kappa shape index (κ1) is 24.7. The van der Waals surface area contributed by atoms with Crippen molar-refractivity contribution in [2.75, 3.05) is 0 Å². The van der Waals surface area contributed by atoms with Crippen LogP contribution in [-0.4, -0.2) is 0 Å². The first-order valence-corrected chi connectivity index (χ1v) is 13.1. The van der Waals surface area contributed by atoms with Crippen LogP contribution in [0.3, 0.4) is 0 Å². The van der Waals surface area contributed by atoms with E-state index in [9.17, 15) is 0 Å². The molecule has 4 aromatic rings. The van der Waals surface area contributed by atoms with Crippen molar-refractivity contribution in [1.82, 2.24) is 0 Å². The SMILES string of the molecule is CCCCc1ccc(C#Cc2ccc3c(F)c(CCc4ccc(CCCC)cc4)ccc3c2)cc1. The van der Waals surface area contributed by atoms with Gasteiger partial charge >= 0.3 is 0 Å². The van der Waals surface area contributed by atoms with Crippen molar-refractivity contribution in [3.63, 3.8) is 0 Å². The molecule has 0 radical (unpaired) electrons. The number of hydrogen-bond acceptors (Lipinski definition) is 0. The summed E-state index contributed by atoms with van der Waals surface area (Å²) in [6.45, 7) is 4.43. The Morgan fingerprint density at radius 1 is 0.571 bits per heavy atom. The minimum Gasteiger partial charge on any atom is -0.206 e. The Morgan fingerprint density at radius 3 is 1.74 bits per heavy atom. The number of halogens is 1. The van der Waals surface area contributed by atoms with E-state index < -0.39 is 0 Å². The van der Waals surface area contributed by atoms with Crippen LogP contribution in [0.25, 0.3) is 10.8 Å². The molecule has 0 unspecified atom stereocenters. The highest BCUT2D eigenvalue weighted by molar-refractivity contribution is 5.85. The highest BCUT2D eigenvalue weighted by Crippen LogP contribution is 2.24. The molecule has 4 rings (SSSR count). The third-order valence-electron chi connectivity index (χ3n) is 6.68. The minimum absolute atomic E-state index is 0.107. The van der Waals surface area contributed by atoms with Gasteiger partial charge in [-0.05, 0) is 90.4 Å². The first-order chi connectivity index (χ1) is 17.2. The number of unbranched alkanes of at least 4 members (excludes halogenated alkanes) is 2. The molecule has 0 saturated heterocycles. The lowest BCUT2D eigenvalue weighted by Crippen LogP contribution is -1.96. The van der Waals surface area contributed by atoms with Gasteiger partial charge in [-0.3, -0.25) is 0 Å². The Labute approximate surface area is 210 Å². The molecule has 0 aliphatic heterocycles. The minimum atomic E-state index is -0.107. The molecular weight excluding hydrogens is 427 g/mol. The quantitative estimate of drug-likeness (QED) is 0.218. The van der Waals surface area contributed by atoms with E-state index in [1.807, 2.05) is 30.3 Å². The lowest BCUT2D eigenvalue weighted by molar-refractivity contribution is 0.620. The summed E-state index contributed by atoms with van der Waals surface area (Å²) in [4.78, 5) is 0. The molecule has 4 aromatic carbocycles. The summed E-state index contributed by atoms with van der Waals surface area (Å²) in [7, 11) is 0. The summed E-state index contributed by atoms with van der Waals surface area (Å²) in [5.41, 5.74) is 6.69. The average molecular weight is 463 g/mol. The van der Waals surface area contributed by atoms with Crippen LogP contribution in [0, 0.1) is 17.7 Å². The fourth-order valence-corrected chi connectivity index (χ4v) is 4.42. The van der Waals surface area contributed by atoms with E-state index >= 15 is 4.39 Å². The van der Waals surface area contributed by atoms with Gasteiger partial charge in [-0.1, -0.05) is 93.1 Å². The van der Waals surface area contributed by atoms with E-state index in [1.165, 1.54) is 42.4 Å². The van der Waals surface area contributed by atoms with Crippen molar-refractivity contribution in [3.05, 3.63) is 118 Å². The van der Waals surface area contributed by atoms with Crippen LogP contribution < -0.4 is 0 Å². The molecular formula is C34H35F. The van der Waals surface area contributed by atoms with E-state index in [1.54, 1.807) is 0 Å². The van der Waals surface area contributed by atoms with E-state index in [-0.39, 0.29) is 5.82 Å². The van der Waals surface area contributed by atoms with E-state index in [4.69, 9.17) is 0 Å². The maximum atomic E-state index is 15.2. The van der Waals surface area contributed by atoms with Crippen molar-refractivity contribution in [1.29, 1.82) is 0 Å². The molecule has 0 spiro atoms. The summed E-state index contributed by atoms with van der Waals surface area (Å²) in [6.07, 6.45) is 8.65. The molecule has 0 heterocycles. The maximum absolute atomic E-state index is 15.2. The zero-order valence-corrected chi connectivity index (χ0v) is 21.0. The van der Waals surface area contributed by atoms with Gasteiger partial charge in [0.05, 0.1) is 0 Å². The number of hydrogen-bond donors (Lipinski definition) is 0. The predicted molar refractivity (Wildman–Crippen MR) is 147 cm³/mol. The summed E-state index contributed by atoms with van der Waals surface area (Å²) < 4.78 is 15.2. The van der Waals surface area contributed by atoms with Gasteiger partial charge in [0.1, 0.15) is 5.82 Å². The van der Waals surface area contributed by atoms with Crippen LogP contribution in [0.2, 0.25) is 0 Å². The zero-order chi connectivity index (χ0) is 24.5. The van der Waals surface area contributed by atoms with Crippen LogP contribution in [0.5, 0.6) is 0 Å². The molecule has 0 aliphatic carbocycles. The second kappa shape index (κ2) is 12.4. The lowest BCUT2D eigenvalue weighted by atomic mass is 9.98. The monoisotopic (exact) mass is 462 g/mol. The highest BCUT2D eigenvalue weighted by Gasteiger charge is 2.08. The number of rotatable bonds is 9. The molecule has 0 atom stereocenters. The van der Waals surface area contributed by atoms with Gasteiger partial charge in [0.25, 0.3) is 0 Å². The molecule has 35 heavy (non-hydrogen) atoms. The fourth-order valence-electron chi connectivity index (χ4n) is 4.42. The summed E-state index contributed by atoms with van der Waals surface area (Å²) in [6, 6.07) is 27.0. The molecule has 0 saturated carbocycles. The van der Waals surface area contributed by atoms with Crippen LogP contribution in [0.1, 0.15) is 72.9 Å². The van der Waals surface area contributed by atoms with Gasteiger partial charge in [0.2, 0.25) is 0 Å². The first-order valence-electron chi connectivity index (χ1n) is 13.1. The van der Waals surface area contributed by atoms with Gasteiger partial charge in [-0.25, -0.2) is 4.39 Å². The largest absolute Gasteiger partial charge is 0.206 e.